The minimum atomic E-state index is -0.546. The molecule has 2 aromatic rings. The van der Waals surface area contributed by atoms with E-state index in [1.807, 2.05) is 0 Å². The number of halogens is 2. The van der Waals surface area contributed by atoms with Gasteiger partial charge in [-0.25, -0.2) is 9.37 Å². The predicted octanol–water partition coefficient (Wildman–Crippen LogP) is 2.86. The topological polar surface area (TPSA) is 56.0 Å². The molecule has 1 aromatic carbocycles. The molecule has 0 fully saturated rings. The zero-order valence-corrected chi connectivity index (χ0v) is 11.6. The Hall–Kier alpha value is -1.30. The van der Waals surface area contributed by atoms with Crippen LogP contribution in [0.25, 0.3) is 0 Å². The van der Waals surface area contributed by atoms with Crippen molar-refractivity contribution in [3.05, 3.63) is 50.7 Å². The molecule has 0 atom stereocenters. The van der Waals surface area contributed by atoms with Gasteiger partial charge in [-0.2, -0.15) is 0 Å². The number of aromatic nitrogens is 1. The Morgan fingerprint density at radius 1 is 1.47 bits per heavy atom. The van der Waals surface area contributed by atoms with Gasteiger partial charge in [0.1, 0.15) is 11.5 Å². The van der Waals surface area contributed by atoms with Crippen LogP contribution in [0.3, 0.4) is 0 Å². The van der Waals surface area contributed by atoms with Crippen LogP contribution in [0.1, 0.15) is 21.1 Å². The number of hydrogen-bond donors (Lipinski definition) is 1. The second kappa shape index (κ2) is 6.23. The maximum atomic E-state index is 13.7. The first-order chi connectivity index (χ1) is 9.11. The molecule has 19 heavy (non-hydrogen) atoms. The summed E-state index contributed by atoms with van der Waals surface area (Å²) < 4.78 is 13.7. The summed E-state index contributed by atoms with van der Waals surface area (Å²) in [5, 5.41) is 2.51. The van der Waals surface area contributed by atoms with Gasteiger partial charge in [-0.05, 0) is 18.2 Å². The summed E-state index contributed by atoms with van der Waals surface area (Å²) in [7, 11) is 0. The van der Waals surface area contributed by atoms with E-state index in [-0.39, 0.29) is 22.8 Å². The van der Waals surface area contributed by atoms with Crippen molar-refractivity contribution in [1.29, 1.82) is 0 Å². The van der Waals surface area contributed by atoms with Crippen molar-refractivity contribution in [1.82, 2.24) is 4.98 Å². The second-order valence-electron chi connectivity index (χ2n) is 3.98. The Labute approximate surface area is 119 Å². The monoisotopic (exact) mass is 298 g/mol. The number of carbonyl (C=O) groups excluding carboxylic acids is 1. The number of carbonyl (C=O) groups is 1. The Morgan fingerprint density at radius 2 is 2.26 bits per heavy atom. The molecular formula is C13H12ClFN2OS. The van der Waals surface area contributed by atoms with Crippen molar-refractivity contribution in [2.45, 2.75) is 12.8 Å². The van der Waals surface area contributed by atoms with Gasteiger partial charge < -0.3 is 5.73 Å². The quantitative estimate of drug-likeness (QED) is 0.864. The van der Waals surface area contributed by atoms with Gasteiger partial charge in [-0.15, -0.1) is 11.3 Å². The van der Waals surface area contributed by atoms with Crippen LogP contribution < -0.4 is 5.73 Å². The SMILES string of the molecule is NCCc1nc(C(=O)Cc2cccc(Cl)c2F)cs1. The van der Waals surface area contributed by atoms with Crippen LogP contribution in [0.4, 0.5) is 4.39 Å². The van der Waals surface area contributed by atoms with Gasteiger partial charge >= 0.3 is 0 Å². The average Bonchev–Trinajstić information content (AvgIpc) is 2.84. The summed E-state index contributed by atoms with van der Waals surface area (Å²) in [5.41, 5.74) is 6.06. The molecule has 100 valence electrons. The lowest BCUT2D eigenvalue weighted by Gasteiger charge is -2.02. The summed E-state index contributed by atoms with van der Waals surface area (Å²) in [6, 6.07) is 4.62. The zero-order valence-electron chi connectivity index (χ0n) is 10.0. The first kappa shape index (κ1) is 14.1. The molecule has 0 amide bonds. The lowest BCUT2D eigenvalue weighted by Crippen LogP contribution is -2.07. The Balaban J connectivity index is 2.14. The van der Waals surface area contributed by atoms with E-state index in [0.29, 0.717) is 18.7 Å². The van der Waals surface area contributed by atoms with Crippen LogP contribution in [0.5, 0.6) is 0 Å². The predicted molar refractivity (Wildman–Crippen MR) is 74.3 cm³/mol. The van der Waals surface area contributed by atoms with E-state index < -0.39 is 5.82 Å². The van der Waals surface area contributed by atoms with Crippen molar-refractivity contribution in [3.63, 3.8) is 0 Å². The molecule has 0 spiro atoms. The van der Waals surface area contributed by atoms with Gasteiger partial charge in [0.2, 0.25) is 0 Å². The summed E-state index contributed by atoms with van der Waals surface area (Å²) >= 11 is 7.06. The molecule has 1 aromatic heterocycles. The van der Waals surface area contributed by atoms with Gasteiger partial charge in [0, 0.05) is 18.2 Å². The first-order valence-corrected chi connectivity index (χ1v) is 6.98. The van der Waals surface area contributed by atoms with Crippen molar-refractivity contribution in [2.75, 3.05) is 6.54 Å². The lowest BCUT2D eigenvalue weighted by molar-refractivity contribution is 0.0987. The number of thiazole rings is 1. The Morgan fingerprint density at radius 3 is 3.00 bits per heavy atom. The Kier molecular flexibility index (Phi) is 4.63. The summed E-state index contributed by atoms with van der Waals surface area (Å²) in [6.45, 7) is 0.490. The zero-order chi connectivity index (χ0) is 13.8. The third kappa shape index (κ3) is 3.37. The molecule has 0 radical (unpaired) electrons. The molecule has 0 aliphatic heterocycles. The van der Waals surface area contributed by atoms with E-state index in [2.05, 4.69) is 4.98 Å². The van der Waals surface area contributed by atoms with E-state index >= 15 is 0 Å². The van der Waals surface area contributed by atoms with Crippen LogP contribution in [0, 0.1) is 5.82 Å². The molecule has 3 nitrogen and oxygen atoms in total. The maximum absolute atomic E-state index is 13.7. The van der Waals surface area contributed by atoms with Gasteiger partial charge in [-0.1, -0.05) is 23.7 Å². The molecular weight excluding hydrogens is 287 g/mol. The summed E-state index contributed by atoms with van der Waals surface area (Å²) in [4.78, 5) is 16.2. The van der Waals surface area contributed by atoms with Crippen LogP contribution in [-0.2, 0) is 12.8 Å². The number of ketones is 1. The van der Waals surface area contributed by atoms with Gasteiger partial charge in [0.25, 0.3) is 0 Å². The number of benzene rings is 1. The van der Waals surface area contributed by atoms with Crippen LogP contribution in [0.15, 0.2) is 23.6 Å². The number of rotatable bonds is 5. The van der Waals surface area contributed by atoms with E-state index in [0.717, 1.165) is 5.01 Å². The highest BCUT2D eigenvalue weighted by molar-refractivity contribution is 7.09. The van der Waals surface area contributed by atoms with Gasteiger partial charge in [0.15, 0.2) is 5.78 Å². The Bertz CT molecular complexity index is 600. The largest absolute Gasteiger partial charge is 0.330 e. The fourth-order valence-electron chi connectivity index (χ4n) is 1.63. The molecule has 6 heteroatoms. The van der Waals surface area contributed by atoms with Crippen LogP contribution >= 0.6 is 22.9 Å². The fourth-order valence-corrected chi connectivity index (χ4v) is 2.64. The number of hydrogen-bond acceptors (Lipinski definition) is 4. The third-order valence-corrected chi connectivity index (χ3v) is 3.78. The summed E-state index contributed by atoms with van der Waals surface area (Å²) in [5.74, 6) is -0.768. The van der Waals surface area contributed by atoms with Crippen molar-refractivity contribution < 1.29 is 9.18 Å². The molecule has 0 aliphatic rings. The van der Waals surface area contributed by atoms with Gasteiger partial charge in [-0.3, -0.25) is 4.79 Å². The van der Waals surface area contributed by atoms with Crippen molar-refractivity contribution in [3.8, 4) is 0 Å². The van der Waals surface area contributed by atoms with E-state index in [9.17, 15) is 9.18 Å². The standard InChI is InChI=1S/C13H12ClFN2OS/c14-9-3-1-2-8(13(9)15)6-11(18)10-7-19-12(17-10)4-5-16/h1-3,7H,4-6,16H2. The second-order valence-corrected chi connectivity index (χ2v) is 5.33. The minimum Gasteiger partial charge on any atom is -0.330 e. The van der Waals surface area contributed by atoms with E-state index in [1.165, 1.54) is 17.4 Å². The van der Waals surface area contributed by atoms with E-state index in [1.54, 1.807) is 17.5 Å². The van der Waals surface area contributed by atoms with Crippen LogP contribution in [-0.4, -0.2) is 17.3 Å². The molecule has 2 N–H and O–H groups in total. The normalized spacial score (nSPS) is 10.7. The average molecular weight is 299 g/mol. The molecule has 0 saturated carbocycles. The molecule has 0 aliphatic carbocycles. The molecule has 1 heterocycles. The maximum Gasteiger partial charge on any atom is 0.186 e. The molecule has 0 bridgehead atoms. The molecule has 2 rings (SSSR count). The number of Topliss-reactive ketones (excluding diaryl/α,β-unsaturated/α-hetero) is 1. The van der Waals surface area contributed by atoms with Crippen LogP contribution in [0.2, 0.25) is 5.02 Å². The fraction of sp³-hybridized carbons (Fsp3) is 0.231. The van der Waals surface area contributed by atoms with Crippen molar-refractivity contribution in [2.24, 2.45) is 5.73 Å². The lowest BCUT2D eigenvalue weighted by atomic mass is 10.1. The third-order valence-electron chi connectivity index (χ3n) is 2.58. The van der Waals surface area contributed by atoms with Crippen molar-refractivity contribution >= 4 is 28.7 Å². The highest BCUT2D eigenvalue weighted by Crippen LogP contribution is 2.20. The molecule has 0 saturated heterocycles. The smallest absolute Gasteiger partial charge is 0.186 e. The highest BCUT2D eigenvalue weighted by Gasteiger charge is 2.15. The van der Waals surface area contributed by atoms with E-state index in [4.69, 9.17) is 17.3 Å². The first-order valence-electron chi connectivity index (χ1n) is 5.72. The highest BCUT2D eigenvalue weighted by atomic mass is 35.5. The minimum absolute atomic E-state index is 0.0207. The number of nitrogens with two attached hydrogens (primary N) is 1. The molecule has 0 unspecified atom stereocenters. The van der Waals surface area contributed by atoms with Gasteiger partial charge in [0.05, 0.1) is 10.0 Å². The number of nitrogens with zero attached hydrogens (tertiary/aromatic N) is 1. The summed E-state index contributed by atoms with van der Waals surface area (Å²) in [6.07, 6.45) is 0.599.